The van der Waals surface area contributed by atoms with Gasteiger partial charge in [-0.2, -0.15) is 5.26 Å². The Balaban J connectivity index is 2.42. The highest BCUT2D eigenvalue weighted by atomic mass is 35.5. The third-order valence-corrected chi connectivity index (χ3v) is 3.68. The van der Waals surface area contributed by atoms with E-state index in [0.29, 0.717) is 11.4 Å². The lowest BCUT2D eigenvalue weighted by atomic mass is 9.81. The predicted molar refractivity (Wildman–Crippen MR) is 78.5 cm³/mol. The Bertz CT molecular complexity index is 595. The standard InChI is InChI=1S/C16H15ClN2O/c17-16-6-8-19-11-15(16)13(7-9-20)14(10-18)12-4-2-1-3-5-12/h1-6,8,11,13-14,20H,7,9H2/t13-,14+/m0/s1. The highest BCUT2D eigenvalue weighted by Crippen LogP contribution is 2.37. The van der Waals surface area contributed by atoms with Crippen molar-refractivity contribution in [3.05, 3.63) is 64.9 Å². The monoisotopic (exact) mass is 286 g/mol. The lowest BCUT2D eigenvalue weighted by Gasteiger charge is -2.22. The van der Waals surface area contributed by atoms with Crippen LogP contribution in [-0.2, 0) is 0 Å². The Morgan fingerprint density at radius 1 is 1.25 bits per heavy atom. The first kappa shape index (κ1) is 14.5. The molecule has 0 spiro atoms. The van der Waals surface area contributed by atoms with Gasteiger partial charge in [0.25, 0.3) is 0 Å². The molecule has 2 aromatic rings. The summed E-state index contributed by atoms with van der Waals surface area (Å²) in [4.78, 5) is 4.08. The van der Waals surface area contributed by atoms with Crippen molar-refractivity contribution < 1.29 is 5.11 Å². The third-order valence-electron chi connectivity index (χ3n) is 3.34. The third kappa shape index (κ3) is 3.16. The fourth-order valence-corrected chi connectivity index (χ4v) is 2.61. The number of benzene rings is 1. The second kappa shape index (κ2) is 7.04. The molecule has 0 saturated heterocycles. The van der Waals surface area contributed by atoms with Crippen LogP contribution in [0.15, 0.2) is 48.8 Å². The van der Waals surface area contributed by atoms with E-state index in [1.165, 1.54) is 0 Å². The van der Waals surface area contributed by atoms with Crippen LogP contribution in [0.3, 0.4) is 0 Å². The molecule has 0 aliphatic rings. The number of rotatable bonds is 5. The van der Waals surface area contributed by atoms with Crippen LogP contribution in [0.1, 0.15) is 29.4 Å². The average Bonchev–Trinajstić information content (AvgIpc) is 2.49. The average molecular weight is 287 g/mol. The van der Waals surface area contributed by atoms with E-state index in [9.17, 15) is 10.4 Å². The fraction of sp³-hybridized carbons (Fsp3) is 0.250. The molecular formula is C16H15ClN2O. The van der Waals surface area contributed by atoms with Crippen LogP contribution in [0.2, 0.25) is 5.02 Å². The molecule has 0 radical (unpaired) electrons. The van der Waals surface area contributed by atoms with Crippen LogP contribution >= 0.6 is 11.6 Å². The largest absolute Gasteiger partial charge is 0.396 e. The molecule has 2 rings (SSSR count). The molecule has 1 heterocycles. The normalized spacial score (nSPS) is 13.4. The minimum absolute atomic E-state index is 0.000896. The number of hydrogen-bond acceptors (Lipinski definition) is 3. The number of halogens is 1. The Morgan fingerprint density at radius 2 is 2.00 bits per heavy atom. The molecule has 102 valence electrons. The van der Waals surface area contributed by atoms with E-state index in [-0.39, 0.29) is 18.4 Å². The Labute approximate surface area is 123 Å². The van der Waals surface area contributed by atoms with E-state index in [4.69, 9.17) is 11.6 Å². The minimum atomic E-state index is -0.356. The summed E-state index contributed by atoms with van der Waals surface area (Å²) in [5, 5.41) is 19.4. The van der Waals surface area contributed by atoms with Crippen molar-refractivity contribution in [2.45, 2.75) is 18.3 Å². The van der Waals surface area contributed by atoms with E-state index < -0.39 is 0 Å². The second-order valence-corrected chi connectivity index (χ2v) is 4.94. The maximum Gasteiger partial charge on any atom is 0.0783 e. The lowest BCUT2D eigenvalue weighted by molar-refractivity contribution is 0.272. The van der Waals surface area contributed by atoms with Crippen molar-refractivity contribution in [1.82, 2.24) is 4.98 Å². The molecular weight excluding hydrogens is 272 g/mol. The van der Waals surface area contributed by atoms with Gasteiger partial charge < -0.3 is 5.11 Å². The molecule has 1 aromatic carbocycles. The van der Waals surface area contributed by atoms with Gasteiger partial charge in [0.1, 0.15) is 0 Å². The van der Waals surface area contributed by atoms with E-state index in [1.54, 1.807) is 18.5 Å². The summed E-state index contributed by atoms with van der Waals surface area (Å²) >= 11 is 6.21. The van der Waals surface area contributed by atoms with Crippen LogP contribution in [0.25, 0.3) is 0 Å². The maximum atomic E-state index is 9.53. The lowest BCUT2D eigenvalue weighted by Crippen LogP contribution is -2.12. The van der Waals surface area contributed by atoms with Gasteiger partial charge in [0.2, 0.25) is 0 Å². The smallest absolute Gasteiger partial charge is 0.0783 e. The quantitative estimate of drug-likeness (QED) is 0.915. The molecule has 1 N–H and O–H groups in total. The molecule has 1 aromatic heterocycles. The van der Waals surface area contributed by atoms with Gasteiger partial charge in [-0.3, -0.25) is 4.98 Å². The van der Waals surface area contributed by atoms with Crippen LogP contribution in [0.5, 0.6) is 0 Å². The molecule has 2 atom stereocenters. The first-order chi connectivity index (χ1) is 9.77. The molecule has 0 fully saturated rings. The number of aromatic nitrogens is 1. The highest BCUT2D eigenvalue weighted by molar-refractivity contribution is 6.31. The highest BCUT2D eigenvalue weighted by Gasteiger charge is 2.26. The molecule has 20 heavy (non-hydrogen) atoms. The molecule has 0 aliphatic heterocycles. The minimum Gasteiger partial charge on any atom is -0.396 e. The Morgan fingerprint density at radius 3 is 2.60 bits per heavy atom. The number of aliphatic hydroxyl groups excluding tert-OH is 1. The summed E-state index contributed by atoms with van der Waals surface area (Å²) in [6.07, 6.45) is 3.76. The fourth-order valence-electron chi connectivity index (χ4n) is 2.36. The zero-order chi connectivity index (χ0) is 14.4. The zero-order valence-electron chi connectivity index (χ0n) is 10.9. The van der Waals surface area contributed by atoms with Crippen LogP contribution in [-0.4, -0.2) is 16.7 Å². The Kier molecular flexibility index (Phi) is 5.11. The van der Waals surface area contributed by atoms with Gasteiger partial charge >= 0.3 is 0 Å². The van der Waals surface area contributed by atoms with Crippen molar-refractivity contribution >= 4 is 11.6 Å². The number of aliphatic hydroxyl groups is 1. The van der Waals surface area contributed by atoms with Gasteiger partial charge in [0.05, 0.1) is 12.0 Å². The van der Waals surface area contributed by atoms with Crippen molar-refractivity contribution in [3.8, 4) is 6.07 Å². The van der Waals surface area contributed by atoms with Crippen molar-refractivity contribution in [2.75, 3.05) is 6.61 Å². The van der Waals surface area contributed by atoms with Gasteiger partial charge in [-0.05, 0) is 23.6 Å². The maximum absolute atomic E-state index is 9.53. The van der Waals surface area contributed by atoms with E-state index in [1.807, 2.05) is 30.3 Å². The van der Waals surface area contributed by atoms with Crippen molar-refractivity contribution in [3.63, 3.8) is 0 Å². The summed E-state index contributed by atoms with van der Waals surface area (Å²) in [6, 6.07) is 13.6. The molecule has 0 amide bonds. The van der Waals surface area contributed by atoms with E-state index in [0.717, 1.165) is 11.1 Å². The van der Waals surface area contributed by atoms with Gasteiger partial charge in [0.15, 0.2) is 0 Å². The molecule has 4 heteroatoms. The predicted octanol–water partition coefficient (Wildman–Crippen LogP) is 3.51. The number of nitrogens with zero attached hydrogens (tertiary/aromatic N) is 2. The SMILES string of the molecule is N#C[C@H](c1ccccc1)[C@H](CCO)c1cnccc1Cl. The molecule has 0 aliphatic carbocycles. The van der Waals surface area contributed by atoms with E-state index in [2.05, 4.69) is 11.1 Å². The van der Waals surface area contributed by atoms with Crippen LogP contribution in [0, 0.1) is 11.3 Å². The van der Waals surface area contributed by atoms with Crippen molar-refractivity contribution in [1.29, 1.82) is 5.26 Å². The summed E-state index contributed by atoms with van der Waals surface area (Å²) in [7, 11) is 0. The summed E-state index contributed by atoms with van der Waals surface area (Å²) < 4.78 is 0. The number of pyridine rings is 1. The van der Waals surface area contributed by atoms with Gasteiger partial charge in [-0.15, -0.1) is 0 Å². The van der Waals surface area contributed by atoms with Crippen LogP contribution < -0.4 is 0 Å². The molecule has 0 bridgehead atoms. The van der Waals surface area contributed by atoms with Crippen molar-refractivity contribution in [2.24, 2.45) is 0 Å². The molecule has 0 unspecified atom stereocenters. The topological polar surface area (TPSA) is 56.9 Å². The number of hydrogen-bond donors (Lipinski definition) is 1. The summed E-state index contributed by atoms with van der Waals surface area (Å²) in [5.74, 6) is -0.529. The second-order valence-electron chi connectivity index (χ2n) is 4.53. The summed E-state index contributed by atoms with van der Waals surface area (Å²) in [5.41, 5.74) is 1.73. The summed E-state index contributed by atoms with van der Waals surface area (Å²) in [6.45, 7) is 0.000896. The molecule has 3 nitrogen and oxygen atoms in total. The first-order valence-corrected chi connectivity index (χ1v) is 6.80. The Hall–Kier alpha value is -1.89. The first-order valence-electron chi connectivity index (χ1n) is 6.42. The van der Waals surface area contributed by atoms with Crippen LogP contribution in [0.4, 0.5) is 0 Å². The zero-order valence-corrected chi connectivity index (χ0v) is 11.7. The number of nitriles is 1. The van der Waals surface area contributed by atoms with Gasteiger partial charge in [0, 0.05) is 29.9 Å². The van der Waals surface area contributed by atoms with Gasteiger partial charge in [-0.25, -0.2) is 0 Å². The van der Waals surface area contributed by atoms with E-state index >= 15 is 0 Å². The van der Waals surface area contributed by atoms with Gasteiger partial charge in [-0.1, -0.05) is 41.9 Å². The molecule has 0 saturated carbocycles.